The standard InChI is InChI=1S/C9H11N3OS.HI/c1-14-8(10)12-9(13)11-7-5-3-2-4-6-7;/h2-6H,1H3,(H3,10,11,12,13);1H. The zero-order valence-electron chi connectivity index (χ0n) is 8.14. The third-order valence-electron chi connectivity index (χ3n) is 1.45. The van der Waals surface area contributed by atoms with Gasteiger partial charge in [0, 0.05) is 5.69 Å². The van der Waals surface area contributed by atoms with Crippen molar-refractivity contribution in [3.05, 3.63) is 30.3 Å². The summed E-state index contributed by atoms with van der Waals surface area (Å²) in [6.45, 7) is 0. The molecule has 0 bridgehead atoms. The van der Waals surface area contributed by atoms with Crippen LogP contribution in [0.2, 0.25) is 0 Å². The number of halogens is 1. The van der Waals surface area contributed by atoms with Gasteiger partial charge in [-0.1, -0.05) is 30.0 Å². The first kappa shape index (κ1) is 14.2. The molecular weight excluding hydrogens is 325 g/mol. The second kappa shape index (κ2) is 7.52. The van der Waals surface area contributed by atoms with Crippen LogP contribution in [-0.2, 0) is 0 Å². The van der Waals surface area contributed by atoms with Crippen LogP contribution in [0, 0.1) is 0 Å². The number of carbonyl (C=O) groups is 1. The Morgan fingerprint density at radius 3 is 2.53 bits per heavy atom. The molecule has 82 valence electrons. The van der Waals surface area contributed by atoms with Gasteiger partial charge in [0.25, 0.3) is 0 Å². The number of nitrogens with one attached hydrogen (secondary N) is 1. The molecule has 0 aromatic heterocycles. The summed E-state index contributed by atoms with van der Waals surface area (Å²) in [6.07, 6.45) is 1.76. The van der Waals surface area contributed by atoms with Crippen LogP contribution in [0.1, 0.15) is 0 Å². The van der Waals surface area contributed by atoms with Crippen LogP contribution in [0.15, 0.2) is 35.3 Å². The summed E-state index contributed by atoms with van der Waals surface area (Å²) in [7, 11) is 0. The quantitative estimate of drug-likeness (QED) is 0.470. The largest absolute Gasteiger partial charge is 0.378 e. The van der Waals surface area contributed by atoms with Crippen LogP contribution in [0.25, 0.3) is 0 Å². The van der Waals surface area contributed by atoms with Gasteiger partial charge in [-0.2, -0.15) is 4.99 Å². The highest BCUT2D eigenvalue weighted by molar-refractivity contribution is 14.0. The van der Waals surface area contributed by atoms with Crippen molar-refractivity contribution in [2.45, 2.75) is 0 Å². The number of hydrogen-bond donors (Lipinski definition) is 2. The first-order chi connectivity index (χ1) is 6.72. The number of carbonyl (C=O) groups excluding carboxylic acids is 1. The lowest BCUT2D eigenvalue weighted by Crippen LogP contribution is -2.13. The zero-order valence-corrected chi connectivity index (χ0v) is 11.3. The number of amidine groups is 1. The van der Waals surface area contributed by atoms with Gasteiger partial charge in [0.2, 0.25) is 0 Å². The van der Waals surface area contributed by atoms with Gasteiger partial charge in [0.1, 0.15) is 0 Å². The van der Waals surface area contributed by atoms with Crippen molar-refractivity contribution >= 4 is 52.6 Å². The van der Waals surface area contributed by atoms with Crippen molar-refractivity contribution in [1.29, 1.82) is 0 Å². The molecule has 0 atom stereocenters. The lowest BCUT2D eigenvalue weighted by Gasteiger charge is -2.00. The maximum atomic E-state index is 11.2. The van der Waals surface area contributed by atoms with Gasteiger partial charge in [-0.25, -0.2) is 4.79 Å². The summed E-state index contributed by atoms with van der Waals surface area (Å²) in [5.41, 5.74) is 6.08. The minimum absolute atomic E-state index is 0. The van der Waals surface area contributed by atoms with Crippen molar-refractivity contribution < 1.29 is 4.79 Å². The number of urea groups is 1. The van der Waals surface area contributed by atoms with Crippen molar-refractivity contribution in [3.63, 3.8) is 0 Å². The minimum atomic E-state index is -0.456. The lowest BCUT2D eigenvalue weighted by atomic mass is 10.3. The summed E-state index contributed by atoms with van der Waals surface area (Å²) in [6, 6.07) is 8.64. The summed E-state index contributed by atoms with van der Waals surface area (Å²) in [4.78, 5) is 14.8. The summed E-state index contributed by atoms with van der Waals surface area (Å²) in [5.74, 6) is 0. The Bertz CT molecular complexity index is 342. The van der Waals surface area contributed by atoms with E-state index in [1.807, 2.05) is 18.2 Å². The Kier molecular flexibility index (Phi) is 7.14. The van der Waals surface area contributed by atoms with Gasteiger partial charge in [0.15, 0.2) is 5.17 Å². The fourth-order valence-corrected chi connectivity index (χ4v) is 0.993. The van der Waals surface area contributed by atoms with Crippen LogP contribution < -0.4 is 11.1 Å². The van der Waals surface area contributed by atoms with Gasteiger partial charge >= 0.3 is 6.03 Å². The Labute approximate surface area is 110 Å². The molecule has 1 aromatic rings. The molecule has 0 unspecified atom stereocenters. The molecule has 2 amide bonds. The van der Waals surface area contributed by atoms with E-state index < -0.39 is 6.03 Å². The third-order valence-corrected chi connectivity index (χ3v) is 1.96. The molecule has 0 fully saturated rings. The smallest absolute Gasteiger partial charge is 0.347 e. The van der Waals surface area contributed by atoms with Gasteiger partial charge in [-0.3, -0.25) is 0 Å². The van der Waals surface area contributed by atoms with E-state index in [9.17, 15) is 4.79 Å². The highest BCUT2D eigenvalue weighted by Gasteiger charge is 1.99. The average Bonchev–Trinajstić information content (AvgIpc) is 2.19. The maximum Gasteiger partial charge on any atom is 0.347 e. The van der Waals surface area contributed by atoms with Crippen molar-refractivity contribution in [2.75, 3.05) is 11.6 Å². The molecule has 0 saturated heterocycles. The van der Waals surface area contributed by atoms with E-state index in [2.05, 4.69) is 10.3 Å². The third kappa shape index (κ3) is 5.63. The van der Waals surface area contributed by atoms with E-state index in [0.29, 0.717) is 5.69 Å². The molecule has 0 aliphatic carbocycles. The monoisotopic (exact) mass is 337 g/mol. The molecule has 0 aliphatic heterocycles. The second-order valence-corrected chi connectivity index (χ2v) is 3.28. The molecule has 0 spiro atoms. The van der Waals surface area contributed by atoms with E-state index in [1.54, 1.807) is 18.4 Å². The predicted molar refractivity (Wildman–Crippen MR) is 76.0 cm³/mol. The van der Waals surface area contributed by atoms with E-state index in [1.165, 1.54) is 11.8 Å². The van der Waals surface area contributed by atoms with Crippen LogP contribution in [0.4, 0.5) is 10.5 Å². The maximum absolute atomic E-state index is 11.2. The number of hydrogen-bond acceptors (Lipinski definition) is 2. The molecule has 15 heavy (non-hydrogen) atoms. The van der Waals surface area contributed by atoms with Crippen LogP contribution in [0.3, 0.4) is 0 Å². The molecule has 1 aromatic carbocycles. The number of para-hydroxylation sites is 1. The van der Waals surface area contributed by atoms with E-state index >= 15 is 0 Å². The zero-order chi connectivity index (χ0) is 10.4. The molecule has 3 N–H and O–H groups in total. The number of thioether (sulfide) groups is 1. The summed E-state index contributed by atoms with van der Waals surface area (Å²) in [5, 5.41) is 2.84. The Hall–Kier alpha value is -0.760. The lowest BCUT2D eigenvalue weighted by molar-refractivity contribution is 0.259. The Morgan fingerprint density at radius 1 is 1.40 bits per heavy atom. The van der Waals surface area contributed by atoms with Gasteiger partial charge in [-0.05, 0) is 18.4 Å². The summed E-state index contributed by atoms with van der Waals surface area (Å²) >= 11 is 1.23. The van der Waals surface area contributed by atoms with Crippen LogP contribution in [0.5, 0.6) is 0 Å². The molecular formula is C9H12IN3OS. The molecule has 1 rings (SSSR count). The second-order valence-electron chi connectivity index (χ2n) is 2.45. The first-order valence-electron chi connectivity index (χ1n) is 3.96. The molecule has 0 heterocycles. The van der Waals surface area contributed by atoms with Gasteiger partial charge in [-0.15, -0.1) is 24.0 Å². The van der Waals surface area contributed by atoms with E-state index in [4.69, 9.17) is 5.73 Å². The number of aliphatic imine (C=N–C) groups is 1. The first-order valence-corrected chi connectivity index (χ1v) is 5.19. The number of amides is 2. The van der Waals surface area contributed by atoms with Crippen molar-refractivity contribution in [1.82, 2.24) is 0 Å². The molecule has 6 heteroatoms. The van der Waals surface area contributed by atoms with Gasteiger partial charge in [0.05, 0.1) is 0 Å². The molecule has 4 nitrogen and oxygen atoms in total. The topological polar surface area (TPSA) is 67.5 Å². The summed E-state index contributed by atoms with van der Waals surface area (Å²) < 4.78 is 0. The molecule has 0 radical (unpaired) electrons. The predicted octanol–water partition coefficient (Wildman–Crippen LogP) is 2.51. The Morgan fingerprint density at radius 2 is 2.00 bits per heavy atom. The van der Waals surface area contributed by atoms with Gasteiger partial charge < -0.3 is 11.1 Å². The number of rotatable bonds is 1. The highest BCUT2D eigenvalue weighted by atomic mass is 127. The fourth-order valence-electron chi connectivity index (χ4n) is 0.819. The van der Waals surface area contributed by atoms with Crippen LogP contribution >= 0.6 is 35.7 Å². The Balaban J connectivity index is 0.00000196. The normalized spacial score (nSPS) is 10.3. The number of benzene rings is 1. The molecule has 0 aliphatic rings. The van der Waals surface area contributed by atoms with Crippen molar-refractivity contribution in [3.8, 4) is 0 Å². The number of nitrogens with two attached hydrogens (primary N) is 1. The minimum Gasteiger partial charge on any atom is -0.378 e. The number of anilines is 1. The molecule has 0 saturated carbocycles. The van der Waals surface area contributed by atoms with Crippen LogP contribution in [-0.4, -0.2) is 17.5 Å². The van der Waals surface area contributed by atoms with Crippen molar-refractivity contribution in [2.24, 2.45) is 10.7 Å². The van der Waals surface area contributed by atoms with E-state index in [-0.39, 0.29) is 29.1 Å². The highest BCUT2D eigenvalue weighted by Crippen LogP contribution is 2.05. The number of nitrogens with zero attached hydrogens (tertiary/aromatic N) is 1. The average molecular weight is 337 g/mol. The SMILES string of the molecule is CS/C(N)=N\C(=O)Nc1ccccc1.I. The van der Waals surface area contributed by atoms with E-state index in [0.717, 1.165) is 0 Å². The fraction of sp³-hybridized carbons (Fsp3) is 0.111.